The van der Waals surface area contributed by atoms with Crippen molar-refractivity contribution < 1.29 is 17.6 Å². The van der Waals surface area contributed by atoms with Gasteiger partial charge in [-0.05, 0) is 37.0 Å². The average molecular weight is 315 g/mol. The fourth-order valence-electron chi connectivity index (χ4n) is 2.06. The highest BCUT2D eigenvalue weighted by molar-refractivity contribution is 7.92. The number of amides is 1. The van der Waals surface area contributed by atoms with Gasteiger partial charge in [0.15, 0.2) is 0 Å². The van der Waals surface area contributed by atoms with Crippen molar-refractivity contribution in [1.29, 1.82) is 0 Å². The molecule has 0 aliphatic heterocycles. The maximum atomic E-state index is 13.6. The molecule has 1 aliphatic carbocycles. The Kier molecular flexibility index (Phi) is 4.48. The van der Waals surface area contributed by atoms with Gasteiger partial charge in [0.05, 0.1) is 11.9 Å². The summed E-state index contributed by atoms with van der Waals surface area (Å²) < 4.78 is 37.9. The molecular formula is C13H18FN3O3S. The molecule has 116 valence electrons. The van der Waals surface area contributed by atoms with Gasteiger partial charge in [-0.3, -0.25) is 9.52 Å². The van der Waals surface area contributed by atoms with Crippen LogP contribution in [-0.4, -0.2) is 33.2 Å². The second kappa shape index (κ2) is 5.98. The lowest BCUT2D eigenvalue weighted by atomic mass is 10.1. The van der Waals surface area contributed by atoms with Crippen molar-refractivity contribution in [3.05, 3.63) is 29.6 Å². The molecule has 8 heteroatoms. The lowest BCUT2D eigenvalue weighted by Crippen LogP contribution is -2.41. The Bertz CT molecular complexity index is 644. The van der Waals surface area contributed by atoms with Crippen LogP contribution in [0.1, 0.15) is 23.2 Å². The van der Waals surface area contributed by atoms with Crippen LogP contribution >= 0.6 is 0 Å². The van der Waals surface area contributed by atoms with E-state index in [4.69, 9.17) is 5.73 Å². The van der Waals surface area contributed by atoms with Crippen molar-refractivity contribution >= 4 is 21.6 Å². The van der Waals surface area contributed by atoms with E-state index >= 15 is 0 Å². The molecular weight excluding hydrogens is 297 g/mol. The third kappa shape index (κ3) is 4.40. The third-order valence-corrected chi connectivity index (χ3v) is 3.88. The van der Waals surface area contributed by atoms with Gasteiger partial charge in [-0.25, -0.2) is 12.8 Å². The number of hydrogen-bond acceptors (Lipinski definition) is 4. The minimum absolute atomic E-state index is 0.103. The van der Waals surface area contributed by atoms with Crippen LogP contribution < -0.4 is 15.8 Å². The van der Waals surface area contributed by atoms with Crippen LogP contribution in [0.2, 0.25) is 0 Å². The van der Waals surface area contributed by atoms with Gasteiger partial charge in [-0.15, -0.1) is 0 Å². The molecule has 1 atom stereocenters. The first-order chi connectivity index (χ1) is 9.80. The Hall–Kier alpha value is -1.67. The number of hydrogen-bond donors (Lipinski definition) is 3. The van der Waals surface area contributed by atoms with Crippen molar-refractivity contribution in [2.45, 2.75) is 18.9 Å². The molecule has 1 aliphatic rings. The zero-order valence-electron chi connectivity index (χ0n) is 11.6. The number of carbonyl (C=O) groups excluding carboxylic acids is 1. The molecule has 0 heterocycles. The van der Waals surface area contributed by atoms with Crippen LogP contribution in [0.5, 0.6) is 0 Å². The first-order valence-corrected chi connectivity index (χ1v) is 8.47. The standard InChI is InChI=1S/C13H18FN3O3S/c1-21(19,20)17-11-6-9(4-5-10(11)14)13(18)16-12(7-15)8-2-3-8/h4-6,8,12,17H,2-3,7,15H2,1H3,(H,16,18). The van der Waals surface area contributed by atoms with Crippen molar-refractivity contribution in [2.24, 2.45) is 11.7 Å². The Morgan fingerprint density at radius 3 is 2.67 bits per heavy atom. The van der Waals surface area contributed by atoms with Crippen molar-refractivity contribution in [3.63, 3.8) is 0 Å². The highest BCUT2D eigenvalue weighted by atomic mass is 32.2. The van der Waals surface area contributed by atoms with E-state index in [0.29, 0.717) is 12.5 Å². The summed E-state index contributed by atoms with van der Waals surface area (Å²) in [5.41, 5.74) is 5.54. The van der Waals surface area contributed by atoms with E-state index in [1.54, 1.807) is 0 Å². The maximum Gasteiger partial charge on any atom is 0.251 e. The van der Waals surface area contributed by atoms with E-state index in [0.717, 1.165) is 25.2 Å². The molecule has 1 aromatic carbocycles. The number of rotatable bonds is 6. The Balaban J connectivity index is 2.15. The highest BCUT2D eigenvalue weighted by Crippen LogP contribution is 2.32. The first-order valence-electron chi connectivity index (χ1n) is 6.58. The van der Waals surface area contributed by atoms with Crippen molar-refractivity contribution in [1.82, 2.24) is 5.32 Å². The number of sulfonamides is 1. The minimum atomic E-state index is -3.61. The van der Waals surface area contributed by atoms with Gasteiger partial charge in [-0.1, -0.05) is 0 Å². The van der Waals surface area contributed by atoms with Gasteiger partial charge in [-0.2, -0.15) is 0 Å². The molecule has 6 nitrogen and oxygen atoms in total. The summed E-state index contributed by atoms with van der Waals surface area (Å²) >= 11 is 0. The van der Waals surface area contributed by atoms with Gasteiger partial charge < -0.3 is 11.1 Å². The topological polar surface area (TPSA) is 101 Å². The van der Waals surface area contributed by atoms with Crippen LogP contribution in [0.4, 0.5) is 10.1 Å². The van der Waals surface area contributed by atoms with Crippen LogP contribution in [0.3, 0.4) is 0 Å². The molecule has 1 amide bonds. The van der Waals surface area contributed by atoms with Crippen LogP contribution in [-0.2, 0) is 10.0 Å². The molecule has 1 aromatic rings. The molecule has 0 radical (unpaired) electrons. The third-order valence-electron chi connectivity index (χ3n) is 3.29. The first kappa shape index (κ1) is 15.7. The van der Waals surface area contributed by atoms with Gasteiger partial charge in [0, 0.05) is 18.2 Å². The fraction of sp³-hybridized carbons (Fsp3) is 0.462. The number of benzene rings is 1. The second-order valence-electron chi connectivity index (χ2n) is 5.22. The van der Waals surface area contributed by atoms with E-state index in [1.165, 1.54) is 12.1 Å². The number of carbonyl (C=O) groups is 1. The Labute approximate surface area is 123 Å². The van der Waals surface area contributed by atoms with E-state index in [-0.39, 0.29) is 17.3 Å². The van der Waals surface area contributed by atoms with Gasteiger partial charge in [0.2, 0.25) is 10.0 Å². The van der Waals surface area contributed by atoms with Gasteiger partial charge in [0.25, 0.3) is 5.91 Å². The quantitative estimate of drug-likeness (QED) is 0.718. The molecule has 0 spiro atoms. The maximum absolute atomic E-state index is 13.6. The summed E-state index contributed by atoms with van der Waals surface area (Å²) in [6, 6.07) is 3.43. The van der Waals surface area contributed by atoms with E-state index in [1.807, 2.05) is 4.72 Å². The lowest BCUT2D eigenvalue weighted by Gasteiger charge is -2.16. The summed E-state index contributed by atoms with van der Waals surface area (Å²) in [5, 5.41) is 2.79. The monoisotopic (exact) mass is 315 g/mol. The summed E-state index contributed by atoms with van der Waals surface area (Å²) in [6.45, 7) is 0.339. The van der Waals surface area contributed by atoms with Crippen molar-refractivity contribution in [2.75, 3.05) is 17.5 Å². The molecule has 2 rings (SSSR count). The molecule has 1 fully saturated rings. The summed E-state index contributed by atoms with van der Waals surface area (Å²) in [6.07, 6.45) is 2.98. The lowest BCUT2D eigenvalue weighted by molar-refractivity contribution is 0.0933. The highest BCUT2D eigenvalue weighted by Gasteiger charge is 2.31. The van der Waals surface area contributed by atoms with E-state index in [9.17, 15) is 17.6 Å². The molecule has 0 bridgehead atoms. The zero-order chi connectivity index (χ0) is 15.6. The minimum Gasteiger partial charge on any atom is -0.348 e. The van der Waals surface area contributed by atoms with Gasteiger partial charge in [0.1, 0.15) is 5.82 Å². The van der Waals surface area contributed by atoms with Gasteiger partial charge >= 0.3 is 0 Å². The predicted molar refractivity (Wildman–Crippen MR) is 77.9 cm³/mol. The Morgan fingerprint density at radius 1 is 1.48 bits per heavy atom. The Morgan fingerprint density at radius 2 is 2.14 bits per heavy atom. The molecule has 4 N–H and O–H groups in total. The van der Waals surface area contributed by atoms with E-state index in [2.05, 4.69) is 5.32 Å². The summed E-state index contributed by atoms with van der Waals surface area (Å²) in [4.78, 5) is 12.1. The number of nitrogens with two attached hydrogens (primary N) is 1. The molecule has 0 saturated heterocycles. The molecule has 0 aromatic heterocycles. The largest absolute Gasteiger partial charge is 0.348 e. The molecule has 1 saturated carbocycles. The number of anilines is 1. The summed E-state index contributed by atoms with van der Waals surface area (Å²) in [5.74, 6) is -0.739. The fourth-order valence-corrected chi connectivity index (χ4v) is 2.62. The number of nitrogens with one attached hydrogen (secondary N) is 2. The predicted octanol–water partition coefficient (Wildman–Crippen LogP) is 0.664. The SMILES string of the molecule is CS(=O)(=O)Nc1cc(C(=O)NC(CN)C2CC2)ccc1F. The zero-order valence-corrected chi connectivity index (χ0v) is 12.4. The second-order valence-corrected chi connectivity index (χ2v) is 6.97. The molecule has 21 heavy (non-hydrogen) atoms. The summed E-state index contributed by atoms with van der Waals surface area (Å²) in [7, 11) is -3.61. The smallest absolute Gasteiger partial charge is 0.251 e. The van der Waals surface area contributed by atoms with Crippen LogP contribution in [0, 0.1) is 11.7 Å². The van der Waals surface area contributed by atoms with Crippen LogP contribution in [0.25, 0.3) is 0 Å². The average Bonchev–Trinajstić information content (AvgIpc) is 3.21. The molecule has 1 unspecified atom stereocenters. The number of halogens is 1. The van der Waals surface area contributed by atoms with Crippen LogP contribution in [0.15, 0.2) is 18.2 Å². The van der Waals surface area contributed by atoms with Crippen molar-refractivity contribution in [3.8, 4) is 0 Å². The van der Waals surface area contributed by atoms with E-state index < -0.39 is 21.7 Å². The normalized spacial score (nSPS) is 16.3.